The van der Waals surface area contributed by atoms with E-state index in [0.29, 0.717) is 6.04 Å². The van der Waals surface area contributed by atoms with Gasteiger partial charge in [0.15, 0.2) is 0 Å². The van der Waals surface area contributed by atoms with E-state index in [9.17, 15) is 0 Å². The second-order valence-corrected chi connectivity index (χ2v) is 5.18. The number of hydrogen-bond donors (Lipinski definition) is 2. The molecule has 1 aromatic carbocycles. The monoisotopic (exact) mass is 246 g/mol. The van der Waals surface area contributed by atoms with Crippen LogP contribution in [0.3, 0.4) is 0 Å². The predicted octanol–water partition coefficient (Wildman–Crippen LogP) is 3.68. The molecule has 0 fully saturated rings. The molecule has 0 saturated carbocycles. The first kappa shape index (κ1) is 12.0. The fourth-order valence-electron chi connectivity index (χ4n) is 1.89. The standard InChI is InChI=1S/C14H18N2S/c1-10(8-12-6-7-17-9-12)16-14-5-3-4-13(15)11(14)2/h3-7,9-10,16H,8,15H2,1-2H3. The van der Waals surface area contributed by atoms with E-state index in [1.807, 2.05) is 12.1 Å². The number of rotatable bonds is 4. The Bertz CT molecular complexity index is 477. The van der Waals surface area contributed by atoms with Gasteiger partial charge in [0, 0.05) is 17.4 Å². The highest BCUT2D eigenvalue weighted by Crippen LogP contribution is 2.22. The van der Waals surface area contributed by atoms with Crippen LogP contribution in [0.2, 0.25) is 0 Å². The average Bonchev–Trinajstić information content (AvgIpc) is 2.77. The van der Waals surface area contributed by atoms with Gasteiger partial charge in [-0.3, -0.25) is 0 Å². The van der Waals surface area contributed by atoms with E-state index in [4.69, 9.17) is 5.73 Å². The lowest BCUT2D eigenvalue weighted by Gasteiger charge is -2.17. The molecule has 1 unspecified atom stereocenters. The third-order valence-corrected chi connectivity index (χ3v) is 3.63. The summed E-state index contributed by atoms with van der Waals surface area (Å²) >= 11 is 1.75. The average molecular weight is 246 g/mol. The number of hydrogen-bond acceptors (Lipinski definition) is 3. The quantitative estimate of drug-likeness (QED) is 0.808. The van der Waals surface area contributed by atoms with Crippen molar-refractivity contribution in [2.24, 2.45) is 0 Å². The van der Waals surface area contributed by atoms with E-state index in [2.05, 4.69) is 42.1 Å². The van der Waals surface area contributed by atoms with Crippen LogP contribution in [0.15, 0.2) is 35.0 Å². The molecule has 1 heterocycles. The zero-order chi connectivity index (χ0) is 12.3. The van der Waals surface area contributed by atoms with Crippen LogP contribution >= 0.6 is 11.3 Å². The molecule has 0 radical (unpaired) electrons. The lowest BCUT2D eigenvalue weighted by Crippen LogP contribution is -2.18. The number of nitrogens with two attached hydrogens (primary N) is 1. The van der Waals surface area contributed by atoms with Crippen molar-refractivity contribution in [3.63, 3.8) is 0 Å². The Balaban J connectivity index is 2.03. The predicted molar refractivity (Wildman–Crippen MR) is 76.7 cm³/mol. The van der Waals surface area contributed by atoms with Gasteiger partial charge in [-0.15, -0.1) is 0 Å². The molecule has 0 aliphatic heterocycles. The summed E-state index contributed by atoms with van der Waals surface area (Å²) in [6.45, 7) is 4.25. The smallest absolute Gasteiger partial charge is 0.0392 e. The summed E-state index contributed by atoms with van der Waals surface area (Å²) in [5.41, 5.74) is 10.4. The third kappa shape index (κ3) is 3.01. The first-order chi connectivity index (χ1) is 8.16. The molecular weight excluding hydrogens is 228 g/mol. The molecule has 2 aromatic rings. The van der Waals surface area contributed by atoms with Gasteiger partial charge >= 0.3 is 0 Å². The first-order valence-electron chi connectivity index (χ1n) is 5.79. The molecule has 0 bridgehead atoms. The summed E-state index contributed by atoms with van der Waals surface area (Å²) in [5.74, 6) is 0. The van der Waals surface area contributed by atoms with Crippen molar-refractivity contribution in [1.29, 1.82) is 0 Å². The van der Waals surface area contributed by atoms with E-state index < -0.39 is 0 Å². The van der Waals surface area contributed by atoms with E-state index in [1.165, 1.54) is 5.56 Å². The highest BCUT2D eigenvalue weighted by Gasteiger charge is 2.06. The minimum Gasteiger partial charge on any atom is -0.398 e. The summed E-state index contributed by atoms with van der Waals surface area (Å²) in [6, 6.07) is 8.58. The highest BCUT2D eigenvalue weighted by atomic mass is 32.1. The Labute approximate surface area is 106 Å². The zero-order valence-corrected chi connectivity index (χ0v) is 11.1. The Morgan fingerprint density at radius 1 is 1.35 bits per heavy atom. The normalized spacial score (nSPS) is 12.4. The Morgan fingerprint density at radius 2 is 2.18 bits per heavy atom. The topological polar surface area (TPSA) is 38.0 Å². The van der Waals surface area contributed by atoms with Crippen LogP contribution in [0.25, 0.3) is 0 Å². The summed E-state index contributed by atoms with van der Waals surface area (Å²) in [6.07, 6.45) is 1.04. The molecule has 0 aliphatic carbocycles. The van der Waals surface area contributed by atoms with Crippen molar-refractivity contribution < 1.29 is 0 Å². The largest absolute Gasteiger partial charge is 0.398 e. The second kappa shape index (κ2) is 5.23. The molecular formula is C14H18N2S. The molecule has 2 nitrogen and oxygen atoms in total. The first-order valence-corrected chi connectivity index (χ1v) is 6.74. The van der Waals surface area contributed by atoms with Crippen LogP contribution in [0.4, 0.5) is 11.4 Å². The Morgan fingerprint density at radius 3 is 2.88 bits per heavy atom. The van der Waals surface area contributed by atoms with Crippen molar-refractivity contribution in [1.82, 2.24) is 0 Å². The maximum atomic E-state index is 5.89. The maximum absolute atomic E-state index is 5.89. The van der Waals surface area contributed by atoms with Crippen LogP contribution < -0.4 is 11.1 Å². The molecule has 0 spiro atoms. The molecule has 0 saturated heterocycles. The Kier molecular flexibility index (Phi) is 3.69. The van der Waals surface area contributed by atoms with Gasteiger partial charge in [0.2, 0.25) is 0 Å². The van der Waals surface area contributed by atoms with Gasteiger partial charge < -0.3 is 11.1 Å². The van der Waals surface area contributed by atoms with Gasteiger partial charge in [0.25, 0.3) is 0 Å². The minimum absolute atomic E-state index is 0.407. The molecule has 1 atom stereocenters. The summed E-state index contributed by atoms with van der Waals surface area (Å²) in [7, 11) is 0. The molecule has 2 rings (SSSR count). The molecule has 17 heavy (non-hydrogen) atoms. The Hall–Kier alpha value is -1.48. The van der Waals surface area contributed by atoms with Crippen LogP contribution in [0.1, 0.15) is 18.1 Å². The van der Waals surface area contributed by atoms with Gasteiger partial charge in [-0.25, -0.2) is 0 Å². The summed E-state index contributed by atoms with van der Waals surface area (Å²) < 4.78 is 0. The van der Waals surface area contributed by atoms with E-state index >= 15 is 0 Å². The van der Waals surface area contributed by atoms with Crippen molar-refractivity contribution in [2.45, 2.75) is 26.3 Å². The molecule has 3 heteroatoms. The van der Waals surface area contributed by atoms with Crippen molar-refractivity contribution in [2.75, 3.05) is 11.1 Å². The van der Waals surface area contributed by atoms with Crippen LogP contribution in [-0.4, -0.2) is 6.04 Å². The fraction of sp³-hybridized carbons (Fsp3) is 0.286. The van der Waals surface area contributed by atoms with Crippen LogP contribution in [0, 0.1) is 6.92 Å². The molecule has 0 amide bonds. The van der Waals surface area contributed by atoms with Crippen molar-refractivity contribution >= 4 is 22.7 Å². The van der Waals surface area contributed by atoms with Gasteiger partial charge in [0.05, 0.1) is 0 Å². The minimum atomic E-state index is 0.407. The number of benzene rings is 1. The summed E-state index contributed by atoms with van der Waals surface area (Å²) in [4.78, 5) is 0. The number of nitrogen functional groups attached to an aromatic ring is 1. The molecule has 0 aliphatic rings. The van der Waals surface area contributed by atoms with Gasteiger partial charge in [-0.05, 0) is 60.4 Å². The van der Waals surface area contributed by atoms with Gasteiger partial charge in [-0.2, -0.15) is 11.3 Å². The van der Waals surface area contributed by atoms with Crippen LogP contribution in [0.5, 0.6) is 0 Å². The number of anilines is 2. The van der Waals surface area contributed by atoms with Crippen molar-refractivity contribution in [3.8, 4) is 0 Å². The van der Waals surface area contributed by atoms with Crippen LogP contribution in [-0.2, 0) is 6.42 Å². The molecule has 90 valence electrons. The lowest BCUT2D eigenvalue weighted by molar-refractivity contribution is 0.791. The third-order valence-electron chi connectivity index (χ3n) is 2.90. The molecule has 3 N–H and O–H groups in total. The van der Waals surface area contributed by atoms with E-state index in [0.717, 1.165) is 23.4 Å². The fourth-order valence-corrected chi connectivity index (χ4v) is 2.57. The lowest BCUT2D eigenvalue weighted by atomic mass is 10.1. The number of nitrogens with one attached hydrogen (secondary N) is 1. The SMILES string of the molecule is Cc1c(N)cccc1NC(C)Cc1ccsc1. The number of thiophene rings is 1. The van der Waals surface area contributed by atoms with Gasteiger partial charge in [0.1, 0.15) is 0 Å². The maximum Gasteiger partial charge on any atom is 0.0392 e. The van der Waals surface area contributed by atoms with E-state index in [-0.39, 0.29) is 0 Å². The van der Waals surface area contributed by atoms with Gasteiger partial charge in [-0.1, -0.05) is 6.07 Å². The molecule has 1 aromatic heterocycles. The highest BCUT2D eigenvalue weighted by molar-refractivity contribution is 7.07. The second-order valence-electron chi connectivity index (χ2n) is 4.40. The summed E-state index contributed by atoms with van der Waals surface area (Å²) in [5, 5.41) is 7.83. The van der Waals surface area contributed by atoms with Crippen molar-refractivity contribution in [3.05, 3.63) is 46.2 Å². The van der Waals surface area contributed by atoms with E-state index in [1.54, 1.807) is 11.3 Å². The zero-order valence-electron chi connectivity index (χ0n) is 10.2.